The predicted molar refractivity (Wildman–Crippen MR) is 85.1 cm³/mol. The number of ether oxygens (including phenoxy) is 1. The second kappa shape index (κ2) is 7.97. The Morgan fingerprint density at radius 1 is 1.38 bits per heavy atom. The van der Waals surface area contributed by atoms with Crippen molar-refractivity contribution in [3.05, 3.63) is 45.4 Å². The predicted octanol–water partition coefficient (Wildman–Crippen LogP) is 2.78. The Morgan fingerprint density at radius 3 is 2.76 bits per heavy atom. The van der Waals surface area contributed by atoms with E-state index in [0.29, 0.717) is 29.7 Å². The molecule has 0 saturated heterocycles. The maximum Gasteiger partial charge on any atom is 0.251 e. The molecular formula is C14H16ClN3O2S. The molecule has 0 aliphatic rings. The quantitative estimate of drug-likeness (QED) is 0.768. The Hall–Kier alpha value is -1.63. The summed E-state index contributed by atoms with van der Waals surface area (Å²) < 4.78 is 5.42. The van der Waals surface area contributed by atoms with Crippen LogP contribution in [0.2, 0.25) is 4.47 Å². The normalized spacial score (nSPS) is 10.4. The molecule has 0 radical (unpaired) electrons. The molecular weight excluding hydrogens is 310 g/mol. The number of thiazole rings is 1. The van der Waals surface area contributed by atoms with Crippen molar-refractivity contribution in [3.8, 4) is 0 Å². The average Bonchev–Trinajstić information content (AvgIpc) is 2.91. The highest BCUT2D eigenvalue weighted by molar-refractivity contribution is 7.15. The van der Waals surface area contributed by atoms with Crippen LogP contribution in [0, 0.1) is 0 Å². The van der Waals surface area contributed by atoms with Crippen LogP contribution in [0.1, 0.15) is 15.2 Å². The van der Waals surface area contributed by atoms with Gasteiger partial charge in [0.2, 0.25) is 0 Å². The Kier molecular flexibility index (Phi) is 5.98. The monoisotopic (exact) mass is 325 g/mol. The largest absolute Gasteiger partial charge is 0.383 e. The Morgan fingerprint density at radius 2 is 2.14 bits per heavy atom. The molecule has 2 aromatic rings. The summed E-state index contributed by atoms with van der Waals surface area (Å²) in [6.45, 7) is 1.66. The number of benzene rings is 1. The van der Waals surface area contributed by atoms with Gasteiger partial charge in [-0.05, 0) is 24.3 Å². The minimum absolute atomic E-state index is 0.104. The van der Waals surface area contributed by atoms with Gasteiger partial charge in [0.05, 0.1) is 13.2 Å². The van der Waals surface area contributed by atoms with Crippen molar-refractivity contribution in [1.82, 2.24) is 10.3 Å². The molecule has 0 bridgehead atoms. The van der Waals surface area contributed by atoms with E-state index in [1.54, 1.807) is 25.4 Å². The highest BCUT2D eigenvalue weighted by Crippen LogP contribution is 2.19. The summed E-state index contributed by atoms with van der Waals surface area (Å²) in [5, 5.41) is 6.03. The smallest absolute Gasteiger partial charge is 0.251 e. The number of carbonyl (C=O) groups excluding carboxylic acids is 1. The van der Waals surface area contributed by atoms with Crippen LogP contribution in [-0.4, -0.2) is 31.2 Å². The molecule has 112 valence electrons. The number of amides is 1. The third-order valence-corrected chi connectivity index (χ3v) is 3.85. The first-order valence-corrected chi connectivity index (χ1v) is 7.60. The molecule has 0 unspecified atom stereocenters. The molecule has 1 aromatic carbocycles. The van der Waals surface area contributed by atoms with Crippen molar-refractivity contribution in [2.75, 3.05) is 25.6 Å². The minimum Gasteiger partial charge on any atom is -0.383 e. The molecule has 1 heterocycles. The number of halogens is 1. The van der Waals surface area contributed by atoms with Crippen LogP contribution in [0.25, 0.3) is 0 Å². The van der Waals surface area contributed by atoms with Crippen molar-refractivity contribution >= 4 is 34.5 Å². The number of rotatable bonds is 7. The maximum absolute atomic E-state index is 11.8. The van der Waals surface area contributed by atoms with E-state index in [9.17, 15) is 4.79 Å². The fourth-order valence-electron chi connectivity index (χ4n) is 1.66. The van der Waals surface area contributed by atoms with Gasteiger partial charge in [-0.3, -0.25) is 4.79 Å². The molecule has 2 N–H and O–H groups in total. The Balaban J connectivity index is 1.85. The molecule has 1 amide bonds. The number of nitrogens with one attached hydrogen (secondary N) is 2. The van der Waals surface area contributed by atoms with Crippen LogP contribution in [0.3, 0.4) is 0 Å². The van der Waals surface area contributed by atoms with Crippen LogP contribution in [-0.2, 0) is 11.3 Å². The van der Waals surface area contributed by atoms with Gasteiger partial charge in [-0.15, -0.1) is 11.3 Å². The fourth-order valence-corrected chi connectivity index (χ4v) is 2.58. The summed E-state index contributed by atoms with van der Waals surface area (Å²) in [5.41, 5.74) is 1.56. The zero-order valence-corrected chi connectivity index (χ0v) is 13.1. The van der Waals surface area contributed by atoms with Gasteiger partial charge in [0, 0.05) is 36.0 Å². The lowest BCUT2D eigenvalue weighted by Gasteiger charge is -2.07. The zero-order chi connectivity index (χ0) is 15.1. The lowest BCUT2D eigenvalue weighted by molar-refractivity contribution is 0.0937. The zero-order valence-electron chi connectivity index (χ0n) is 11.6. The van der Waals surface area contributed by atoms with E-state index >= 15 is 0 Å². The van der Waals surface area contributed by atoms with Gasteiger partial charge in [-0.2, -0.15) is 0 Å². The summed E-state index contributed by atoms with van der Waals surface area (Å²) >= 11 is 7.22. The second-order valence-corrected chi connectivity index (χ2v) is 5.96. The first-order valence-electron chi connectivity index (χ1n) is 6.40. The van der Waals surface area contributed by atoms with Crippen molar-refractivity contribution in [3.63, 3.8) is 0 Å². The SMILES string of the molecule is COCCNC(=O)c1ccc(NCc2cnc(Cl)s2)cc1. The van der Waals surface area contributed by atoms with E-state index in [0.717, 1.165) is 10.6 Å². The molecule has 0 aliphatic heterocycles. The average molecular weight is 326 g/mol. The van der Waals surface area contributed by atoms with E-state index in [2.05, 4.69) is 15.6 Å². The number of aromatic nitrogens is 1. The van der Waals surface area contributed by atoms with Gasteiger partial charge in [0.1, 0.15) is 0 Å². The van der Waals surface area contributed by atoms with Crippen molar-refractivity contribution in [2.24, 2.45) is 0 Å². The lowest BCUT2D eigenvalue weighted by Crippen LogP contribution is -2.26. The molecule has 2 rings (SSSR count). The summed E-state index contributed by atoms with van der Waals surface area (Å²) in [6, 6.07) is 7.30. The van der Waals surface area contributed by atoms with Crippen LogP contribution in [0.4, 0.5) is 5.69 Å². The van der Waals surface area contributed by atoms with Gasteiger partial charge in [0.15, 0.2) is 4.47 Å². The number of carbonyl (C=O) groups is 1. The maximum atomic E-state index is 11.8. The first kappa shape index (κ1) is 15.8. The van der Waals surface area contributed by atoms with E-state index in [1.807, 2.05) is 12.1 Å². The Bertz CT molecular complexity index is 586. The van der Waals surface area contributed by atoms with Crippen molar-refractivity contribution in [1.29, 1.82) is 0 Å². The number of nitrogens with zero attached hydrogens (tertiary/aromatic N) is 1. The standard InChI is InChI=1S/C14H16ClN3O2S/c1-20-7-6-16-13(19)10-2-4-11(5-3-10)17-8-12-9-18-14(15)21-12/h2-5,9,17H,6-8H2,1H3,(H,16,19). The molecule has 0 atom stereocenters. The van der Waals surface area contributed by atoms with E-state index in [-0.39, 0.29) is 5.91 Å². The lowest BCUT2D eigenvalue weighted by atomic mass is 10.2. The van der Waals surface area contributed by atoms with Gasteiger partial charge in [-0.25, -0.2) is 4.98 Å². The Labute approximate surface area is 132 Å². The molecule has 0 aliphatic carbocycles. The van der Waals surface area contributed by atoms with Gasteiger partial charge in [0.25, 0.3) is 5.91 Å². The minimum atomic E-state index is -0.104. The van der Waals surface area contributed by atoms with Crippen molar-refractivity contribution < 1.29 is 9.53 Å². The van der Waals surface area contributed by atoms with Crippen LogP contribution in [0.5, 0.6) is 0 Å². The summed E-state index contributed by atoms with van der Waals surface area (Å²) in [7, 11) is 1.60. The highest BCUT2D eigenvalue weighted by Gasteiger charge is 2.05. The van der Waals surface area contributed by atoms with Crippen LogP contribution >= 0.6 is 22.9 Å². The molecule has 5 nitrogen and oxygen atoms in total. The highest BCUT2D eigenvalue weighted by atomic mass is 35.5. The third-order valence-electron chi connectivity index (χ3n) is 2.73. The van der Waals surface area contributed by atoms with Crippen molar-refractivity contribution in [2.45, 2.75) is 6.54 Å². The first-order chi connectivity index (χ1) is 10.2. The number of hydrogen-bond acceptors (Lipinski definition) is 5. The second-order valence-electron chi connectivity index (χ2n) is 4.26. The van der Waals surface area contributed by atoms with E-state index in [1.165, 1.54) is 11.3 Å². The number of anilines is 1. The molecule has 21 heavy (non-hydrogen) atoms. The topological polar surface area (TPSA) is 63.2 Å². The summed E-state index contributed by atoms with van der Waals surface area (Å²) in [4.78, 5) is 16.8. The van der Waals surface area contributed by atoms with Gasteiger partial charge in [-0.1, -0.05) is 11.6 Å². The summed E-state index contributed by atoms with van der Waals surface area (Å²) in [6.07, 6.45) is 1.75. The van der Waals surface area contributed by atoms with E-state index < -0.39 is 0 Å². The molecule has 7 heteroatoms. The van der Waals surface area contributed by atoms with E-state index in [4.69, 9.17) is 16.3 Å². The molecule has 0 spiro atoms. The molecule has 0 saturated carbocycles. The summed E-state index contributed by atoms with van der Waals surface area (Å²) in [5.74, 6) is -0.104. The van der Waals surface area contributed by atoms with Crippen LogP contribution in [0.15, 0.2) is 30.5 Å². The fraction of sp³-hybridized carbons (Fsp3) is 0.286. The van der Waals surface area contributed by atoms with Gasteiger partial charge < -0.3 is 15.4 Å². The third kappa shape index (κ3) is 5.00. The van der Waals surface area contributed by atoms with Gasteiger partial charge >= 0.3 is 0 Å². The molecule has 1 aromatic heterocycles. The molecule has 0 fully saturated rings. The number of hydrogen-bond donors (Lipinski definition) is 2. The number of methoxy groups -OCH3 is 1. The van der Waals surface area contributed by atoms with Crippen LogP contribution < -0.4 is 10.6 Å².